The van der Waals surface area contributed by atoms with Gasteiger partial charge in [0.2, 0.25) is 0 Å². The average molecular weight is 338 g/mol. The molecule has 4 nitrogen and oxygen atoms in total. The fourth-order valence-electron chi connectivity index (χ4n) is 3.16. The number of carbonyl (C=O) groups is 1. The van der Waals surface area contributed by atoms with Gasteiger partial charge in [0.1, 0.15) is 0 Å². The van der Waals surface area contributed by atoms with E-state index >= 15 is 0 Å². The molecule has 0 bridgehead atoms. The van der Waals surface area contributed by atoms with Crippen LogP contribution < -0.4 is 10.6 Å². The Kier molecular flexibility index (Phi) is 5.71. The van der Waals surface area contributed by atoms with E-state index in [-0.39, 0.29) is 19.1 Å². The number of benzene rings is 2. The van der Waals surface area contributed by atoms with Crippen molar-refractivity contribution in [1.29, 1.82) is 0 Å². The third-order valence-corrected chi connectivity index (χ3v) is 4.60. The van der Waals surface area contributed by atoms with Gasteiger partial charge in [-0.05, 0) is 55.9 Å². The summed E-state index contributed by atoms with van der Waals surface area (Å²) in [5.74, 6) is 0.548. The number of amides is 1. The number of aliphatic hydroxyl groups is 1. The standard InChI is InChI=1S/C21H26N2O2/c1-15-4-2-5-16(12-15)13-20(17-8-9-17)23-19-7-3-6-18(14-19)21(25)22-10-11-24/h2-7,12,14,17,20,23-24H,8-11,13H2,1H3,(H,22,25). The van der Waals surface area contributed by atoms with Crippen molar-refractivity contribution in [3.8, 4) is 0 Å². The van der Waals surface area contributed by atoms with Crippen molar-refractivity contribution in [1.82, 2.24) is 5.32 Å². The minimum absolute atomic E-state index is 0.0517. The second kappa shape index (κ2) is 8.17. The summed E-state index contributed by atoms with van der Waals surface area (Å²) in [6.45, 7) is 2.34. The third kappa shape index (κ3) is 5.07. The number of nitrogens with one attached hydrogen (secondary N) is 2. The second-order valence-corrected chi connectivity index (χ2v) is 6.84. The van der Waals surface area contributed by atoms with Gasteiger partial charge in [-0.3, -0.25) is 4.79 Å². The first-order valence-corrected chi connectivity index (χ1v) is 8.97. The number of hydrogen-bond donors (Lipinski definition) is 3. The molecule has 25 heavy (non-hydrogen) atoms. The highest BCUT2D eigenvalue weighted by atomic mass is 16.3. The van der Waals surface area contributed by atoms with Gasteiger partial charge < -0.3 is 15.7 Å². The van der Waals surface area contributed by atoms with Crippen LogP contribution in [-0.2, 0) is 6.42 Å². The largest absolute Gasteiger partial charge is 0.395 e. The molecule has 0 radical (unpaired) electrons. The third-order valence-electron chi connectivity index (χ3n) is 4.60. The van der Waals surface area contributed by atoms with Crippen molar-refractivity contribution >= 4 is 11.6 Å². The molecule has 0 spiro atoms. The van der Waals surface area contributed by atoms with Crippen molar-refractivity contribution in [3.05, 3.63) is 65.2 Å². The molecule has 132 valence electrons. The summed E-state index contributed by atoms with van der Waals surface area (Å²) in [6.07, 6.45) is 3.52. The lowest BCUT2D eigenvalue weighted by atomic mass is 10.00. The van der Waals surface area contributed by atoms with E-state index in [4.69, 9.17) is 5.11 Å². The zero-order chi connectivity index (χ0) is 17.6. The predicted octanol–water partition coefficient (Wildman–Crippen LogP) is 3.15. The van der Waals surface area contributed by atoms with Crippen LogP contribution in [0.25, 0.3) is 0 Å². The van der Waals surface area contributed by atoms with Gasteiger partial charge in [0.15, 0.2) is 0 Å². The molecular weight excluding hydrogens is 312 g/mol. The van der Waals surface area contributed by atoms with E-state index in [9.17, 15) is 4.79 Å². The van der Waals surface area contributed by atoms with Crippen LogP contribution in [0.1, 0.15) is 34.3 Å². The van der Waals surface area contributed by atoms with Gasteiger partial charge >= 0.3 is 0 Å². The molecule has 1 aliphatic carbocycles. The van der Waals surface area contributed by atoms with E-state index in [0.29, 0.717) is 17.5 Å². The summed E-state index contributed by atoms with van der Waals surface area (Å²) < 4.78 is 0. The molecule has 0 saturated heterocycles. The Morgan fingerprint density at radius 1 is 1.20 bits per heavy atom. The lowest BCUT2D eigenvalue weighted by Crippen LogP contribution is -2.27. The van der Waals surface area contributed by atoms with Crippen molar-refractivity contribution < 1.29 is 9.90 Å². The Labute approximate surface area is 149 Å². The van der Waals surface area contributed by atoms with Gasteiger partial charge in [-0.1, -0.05) is 35.9 Å². The van der Waals surface area contributed by atoms with Crippen LogP contribution in [0.4, 0.5) is 5.69 Å². The van der Waals surface area contributed by atoms with Crippen LogP contribution in [0.5, 0.6) is 0 Å². The first-order valence-electron chi connectivity index (χ1n) is 8.97. The highest BCUT2D eigenvalue weighted by molar-refractivity contribution is 5.95. The number of carbonyl (C=O) groups excluding carboxylic acids is 1. The molecule has 1 fully saturated rings. The molecule has 1 amide bonds. The topological polar surface area (TPSA) is 61.4 Å². The number of aliphatic hydroxyl groups excluding tert-OH is 1. The summed E-state index contributed by atoms with van der Waals surface area (Å²) in [5.41, 5.74) is 4.22. The Bertz CT molecular complexity index is 725. The zero-order valence-electron chi connectivity index (χ0n) is 14.7. The summed E-state index contributed by atoms with van der Waals surface area (Å²) in [4.78, 5) is 12.1. The molecule has 3 N–H and O–H groups in total. The van der Waals surface area contributed by atoms with Crippen LogP contribution in [-0.4, -0.2) is 30.2 Å². The number of hydrogen-bond acceptors (Lipinski definition) is 3. The van der Waals surface area contributed by atoms with Crippen molar-refractivity contribution in [2.75, 3.05) is 18.5 Å². The Balaban J connectivity index is 1.69. The maximum Gasteiger partial charge on any atom is 0.251 e. The SMILES string of the molecule is Cc1cccc(CC(Nc2cccc(C(=O)NCCO)c2)C2CC2)c1. The smallest absolute Gasteiger partial charge is 0.251 e. The van der Waals surface area contributed by atoms with Crippen LogP contribution >= 0.6 is 0 Å². The van der Waals surface area contributed by atoms with E-state index in [1.165, 1.54) is 24.0 Å². The van der Waals surface area contributed by atoms with Crippen LogP contribution in [0.2, 0.25) is 0 Å². The number of aryl methyl sites for hydroxylation is 1. The molecule has 1 aliphatic rings. The Morgan fingerprint density at radius 2 is 2.00 bits per heavy atom. The number of anilines is 1. The van der Waals surface area contributed by atoms with Crippen molar-refractivity contribution in [2.24, 2.45) is 5.92 Å². The average Bonchev–Trinajstić information content (AvgIpc) is 3.44. The molecule has 1 unspecified atom stereocenters. The van der Waals surface area contributed by atoms with Crippen LogP contribution in [0, 0.1) is 12.8 Å². The quantitative estimate of drug-likeness (QED) is 0.693. The molecule has 1 atom stereocenters. The van der Waals surface area contributed by atoms with E-state index < -0.39 is 0 Å². The van der Waals surface area contributed by atoms with E-state index in [0.717, 1.165) is 12.1 Å². The predicted molar refractivity (Wildman–Crippen MR) is 101 cm³/mol. The molecule has 4 heteroatoms. The summed E-state index contributed by atoms with van der Waals surface area (Å²) in [7, 11) is 0. The normalized spacial score (nSPS) is 14.8. The van der Waals surface area contributed by atoms with Gasteiger partial charge in [0.05, 0.1) is 6.61 Å². The summed E-state index contributed by atoms with van der Waals surface area (Å²) >= 11 is 0. The van der Waals surface area contributed by atoms with Gasteiger partial charge in [0.25, 0.3) is 5.91 Å². The van der Waals surface area contributed by atoms with Gasteiger partial charge in [-0.15, -0.1) is 0 Å². The molecule has 3 rings (SSSR count). The van der Waals surface area contributed by atoms with Crippen LogP contribution in [0.3, 0.4) is 0 Å². The van der Waals surface area contributed by atoms with E-state index in [1.807, 2.05) is 18.2 Å². The van der Waals surface area contributed by atoms with Gasteiger partial charge in [0, 0.05) is 23.8 Å². The van der Waals surface area contributed by atoms with Crippen molar-refractivity contribution in [3.63, 3.8) is 0 Å². The van der Waals surface area contributed by atoms with Crippen LogP contribution in [0.15, 0.2) is 48.5 Å². The number of rotatable bonds is 8. The first-order chi connectivity index (χ1) is 12.2. The van der Waals surface area contributed by atoms with Gasteiger partial charge in [-0.2, -0.15) is 0 Å². The van der Waals surface area contributed by atoms with Crippen molar-refractivity contribution in [2.45, 2.75) is 32.2 Å². The molecule has 0 heterocycles. The molecule has 1 saturated carbocycles. The maximum absolute atomic E-state index is 12.1. The highest BCUT2D eigenvalue weighted by Gasteiger charge is 2.31. The monoisotopic (exact) mass is 338 g/mol. The molecule has 0 aliphatic heterocycles. The molecule has 2 aromatic rings. The summed E-state index contributed by atoms with van der Waals surface area (Å²) in [5, 5.41) is 15.2. The highest BCUT2D eigenvalue weighted by Crippen LogP contribution is 2.36. The second-order valence-electron chi connectivity index (χ2n) is 6.84. The zero-order valence-corrected chi connectivity index (χ0v) is 14.7. The Morgan fingerprint density at radius 3 is 2.72 bits per heavy atom. The molecule has 2 aromatic carbocycles. The van der Waals surface area contributed by atoms with E-state index in [1.54, 1.807) is 6.07 Å². The fourth-order valence-corrected chi connectivity index (χ4v) is 3.16. The minimum atomic E-state index is -0.153. The molecule has 0 aromatic heterocycles. The fraction of sp³-hybridized carbons (Fsp3) is 0.381. The lowest BCUT2D eigenvalue weighted by Gasteiger charge is -2.20. The summed E-state index contributed by atoms with van der Waals surface area (Å²) in [6, 6.07) is 16.6. The van der Waals surface area contributed by atoms with E-state index in [2.05, 4.69) is 41.8 Å². The Hall–Kier alpha value is -2.33. The first kappa shape index (κ1) is 17.5. The lowest BCUT2D eigenvalue weighted by molar-refractivity contribution is 0.0945. The molecular formula is C21H26N2O2. The maximum atomic E-state index is 12.1. The van der Waals surface area contributed by atoms with Gasteiger partial charge in [-0.25, -0.2) is 0 Å². The minimum Gasteiger partial charge on any atom is -0.395 e.